The molecule has 0 aromatic heterocycles. The number of hydrogen-bond acceptors (Lipinski definition) is 6. The molecule has 440 valence electrons. The Morgan fingerprint density at radius 1 is 0.266 bits per heavy atom. The maximum Gasteiger partial charge on any atom is 0.306 e. The first-order valence-corrected chi connectivity index (χ1v) is 31.3. The Labute approximate surface area is 484 Å². The van der Waals surface area contributed by atoms with Crippen molar-refractivity contribution in [3.63, 3.8) is 0 Å². The van der Waals surface area contributed by atoms with Crippen LogP contribution in [0.3, 0.4) is 0 Å². The minimum Gasteiger partial charge on any atom is -0.462 e. The zero-order valence-electron chi connectivity index (χ0n) is 50.3. The molecule has 0 radical (unpaired) electrons. The number of esters is 3. The molecule has 1 atom stereocenters. The maximum absolute atomic E-state index is 12.9. The van der Waals surface area contributed by atoms with Gasteiger partial charge in [-0.2, -0.15) is 0 Å². The van der Waals surface area contributed by atoms with Gasteiger partial charge in [0.15, 0.2) is 6.10 Å². The summed E-state index contributed by atoms with van der Waals surface area (Å²) in [6.07, 6.45) is 97.6. The zero-order valence-corrected chi connectivity index (χ0v) is 50.3. The minimum absolute atomic E-state index is 0.139. The fraction of sp³-hybridized carbons (Fsp3) is 0.548. The topological polar surface area (TPSA) is 78.9 Å². The van der Waals surface area contributed by atoms with Gasteiger partial charge in [-0.25, -0.2) is 0 Å². The van der Waals surface area contributed by atoms with Gasteiger partial charge in [-0.1, -0.05) is 254 Å². The SMILES string of the molecule is CC/C=C\C/C=C\C/C=C\C/C=C\C/C=C\C/C=C\CCCCC(=O)OCC(COC(=O)CC/C=C\C/C=C\C/C=C\C/C=C\C/C=C\C/C=C\CC)OC(=O)CCCCCCCC/C=C\C/C=C\C/C=C\CCCCCCC. The average Bonchev–Trinajstić information content (AvgIpc) is 3.45. The van der Waals surface area contributed by atoms with Crippen LogP contribution in [-0.2, 0) is 28.6 Å². The predicted octanol–water partition coefficient (Wildman–Crippen LogP) is 21.7. The summed E-state index contributed by atoms with van der Waals surface area (Å²) in [7, 11) is 0. The van der Waals surface area contributed by atoms with Crippen molar-refractivity contribution in [3.8, 4) is 0 Å². The van der Waals surface area contributed by atoms with Gasteiger partial charge in [-0.3, -0.25) is 14.4 Å². The molecular formula is C73H112O6. The van der Waals surface area contributed by atoms with Gasteiger partial charge in [0, 0.05) is 19.3 Å². The third kappa shape index (κ3) is 63.2. The first-order valence-electron chi connectivity index (χ1n) is 31.3. The number of rotatable bonds is 54. The monoisotopic (exact) mass is 1080 g/mol. The fourth-order valence-electron chi connectivity index (χ4n) is 7.77. The van der Waals surface area contributed by atoms with Crippen molar-refractivity contribution in [2.24, 2.45) is 0 Å². The quantitative estimate of drug-likeness (QED) is 0.0261. The summed E-state index contributed by atoms with van der Waals surface area (Å²) in [5, 5.41) is 0. The number of ether oxygens (including phenoxy) is 3. The van der Waals surface area contributed by atoms with Crippen molar-refractivity contribution < 1.29 is 28.6 Å². The summed E-state index contributed by atoms with van der Waals surface area (Å²) >= 11 is 0. The lowest BCUT2D eigenvalue weighted by Gasteiger charge is -2.18. The molecule has 0 aliphatic rings. The second kappa shape index (κ2) is 65.0. The minimum atomic E-state index is -0.847. The lowest BCUT2D eigenvalue weighted by molar-refractivity contribution is -0.166. The molecule has 0 aliphatic heterocycles. The van der Waals surface area contributed by atoms with E-state index in [1.54, 1.807) is 0 Å². The van der Waals surface area contributed by atoms with E-state index in [1.807, 2.05) is 12.2 Å². The van der Waals surface area contributed by atoms with E-state index < -0.39 is 6.10 Å². The molecule has 0 rings (SSSR count). The molecule has 0 bridgehead atoms. The highest BCUT2D eigenvalue weighted by Crippen LogP contribution is 2.12. The Morgan fingerprint density at radius 2 is 0.519 bits per heavy atom. The highest BCUT2D eigenvalue weighted by atomic mass is 16.6. The van der Waals surface area contributed by atoms with Crippen molar-refractivity contribution in [3.05, 3.63) is 182 Å². The Morgan fingerprint density at radius 3 is 0.873 bits per heavy atom. The molecule has 0 aromatic rings. The Kier molecular flexibility index (Phi) is 60.5. The molecule has 1 unspecified atom stereocenters. The van der Waals surface area contributed by atoms with E-state index in [4.69, 9.17) is 14.2 Å². The molecule has 6 heteroatoms. The third-order valence-electron chi connectivity index (χ3n) is 12.4. The smallest absolute Gasteiger partial charge is 0.306 e. The van der Waals surface area contributed by atoms with Crippen molar-refractivity contribution >= 4 is 17.9 Å². The second-order valence-electron chi connectivity index (χ2n) is 19.8. The van der Waals surface area contributed by atoms with Crippen LogP contribution in [0.25, 0.3) is 0 Å². The molecule has 79 heavy (non-hydrogen) atoms. The summed E-state index contributed by atoms with van der Waals surface area (Å²) < 4.78 is 16.8. The molecule has 0 aromatic carbocycles. The molecule has 0 spiro atoms. The van der Waals surface area contributed by atoms with Gasteiger partial charge in [0.05, 0.1) is 0 Å². The van der Waals surface area contributed by atoms with Gasteiger partial charge in [-0.15, -0.1) is 0 Å². The van der Waals surface area contributed by atoms with Crippen molar-refractivity contribution in [1.29, 1.82) is 0 Å². The molecule has 0 saturated carbocycles. The largest absolute Gasteiger partial charge is 0.462 e. The first-order chi connectivity index (χ1) is 39.0. The van der Waals surface area contributed by atoms with E-state index in [0.29, 0.717) is 12.8 Å². The molecule has 0 heterocycles. The lowest BCUT2D eigenvalue weighted by atomic mass is 10.1. The number of carbonyl (C=O) groups is 3. The number of unbranched alkanes of at least 4 members (excludes halogenated alkanes) is 13. The standard InChI is InChI=1S/C73H112O6/c1-4-7-10-13-16-19-22-25-28-31-34-36-39-42-45-48-51-54-57-60-63-66-72(75)78-69-70(68-77-71(74)65-62-59-56-53-50-47-44-41-38-33-30-27-24-21-18-15-12-9-6-3)79-73(76)67-64-61-58-55-52-49-46-43-40-37-35-32-29-26-23-20-17-14-11-8-5-2/h7,9-10,12,16,18-19,21,23,25-28,30,32,34-36,38,40-43,45,47,50-51,54,56,59,70H,4-6,8,11,13-15,17,20,22,24,29,31,33,37,39,44,46,48-49,52-53,55,57-58,60-69H2,1-3H3/b10-7-,12-9-,19-16-,21-18-,26-23-,28-25-,30-27-,35-32-,36-34-,41-38-,43-40-,45-42-,50-47-,54-51-,59-56-. The number of allylic oxidation sites excluding steroid dienone is 30. The van der Waals surface area contributed by atoms with E-state index in [2.05, 4.69) is 191 Å². The van der Waals surface area contributed by atoms with Crippen molar-refractivity contribution in [1.82, 2.24) is 0 Å². The van der Waals surface area contributed by atoms with Gasteiger partial charge in [0.25, 0.3) is 0 Å². The molecule has 0 saturated heterocycles. The van der Waals surface area contributed by atoms with Crippen LogP contribution in [0.1, 0.15) is 239 Å². The molecule has 6 nitrogen and oxygen atoms in total. The summed E-state index contributed by atoms with van der Waals surface area (Å²) in [5.41, 5.74) is 0. The highest BCUT2D eigenvalue weighted by Gasteiger charge is 2.19. The summed E-state index contributed by atoms with van der Waals surface area (Å²) in [6.45, 7) is 6.27. The predicted molar refractivity (Wildman–Crippen MR) is 343 cm³/mol. The van der Waals surface area contributed by atoms with Crippen LogP contribution in [0, 0.1) is 0 Å². The normalized spacial score (nSPS) is 13.4. The Balaban J connectivity index is 4.64. The van der Waals surface area contributed by atoms with Gasteiger partial charge in [-0.05, 0) is 148 Å². The summed E-state index contributed by atoms with van der Waals surface area (Å²) in [6, 6.07) is 0. The Hall–Kier alpha value is -5.49. The average molecular weight is 1090 g/mol. The van der Waals surface area contributed by atoms with Crippen LogP contribution in [0.4, 0.5) is 0 Å². The van der Waals surface area contributed by atoms with Crippen molar-refractivity contribution in [2.75, 3.05) is 13.2 Å². The maximum atomic E-state index is 12.9. The van der Waals surface area contributed by atoms with Crippen LogP contribution in [0.15, 0.2) is 182 Å². The third-order valence-corrected chi connectivity index (χ3v) is 12.4. The fourth-order valence-corrected chi connectivity index (χ4v) is 7.77. The first kappa shape index (κ1) is 73.5. The molecular weight excluding hydrogens is 973 g/mol. The zero-order chi connectivity index (χ0) is 57.1. The lowest BCUT2D eigenvalue weighted by Crippen LogP contribution is -2.30. The molecule has 0 N–H and O–H groups in total. The number of hydrogen-bond donors (Lipinski definition) is 0. The summed E-state index contributed by atoms with van der Waals surface area (Å²) in [4.78, 5) is 38.3. The van der Waals surface area contributed by atoms with Gasteiger partial charge >= 0.3 is 17.9 Å². The van der Waals surface area contributed by atoms with E-state index in [0.717, 1.165) is 135 Å². The van der Waals surface area contributed by atoms with Gasteiger partial charge in [0.2, 0.25) is 0 Å². The van der Waals surface area contributed by atoms with E-state index in [1.165, 1.54) is 51.4 Å². The van der Waals surface area contributed by atoms with Crippen LogP contribution >= 0.6 is 0 Å². The van der Waals surface area contributed by atoms with Gasteiger partial charge in [0.1, 0.15) is 13.2 Å². The van der Waals surface area contributed by atoms with E-state index in [-0.39, 0.29) is 50.4 Å². The van der Waals surface area contributed by atoms with E-state index in [9.17, 15) is 14.4 Å². The molecule has 0 fully saturated rings. The number of carbonyl (C=O) groups excluding carboxylic acids is 3. The molecule has 0 amide bonds. The van der Waals surface area contributed by atoms with Crippen LogP contribution in [0.5, 0.6) is 0 Å². The van der Waals surface area contributed by atoms with Crippen molar-refractivity contribution in [2.45, 2.75) is 245 Å². The second-order valence-corrected chi connectivity index (χ2v) is 19.8. The van der Waals surface area contributed by atoms with Crippen LogP contribution < -0.4 is 0 Å². The highest BCUT2D eigenvalue weighted by molar-refractivity contribution is 5.71. The Bertz CT molecular complexity index is 1870. The van der Waals surface area contributed by atoms with Crippen LogP contribution in [0.2, 0.25) is 0 Å². The summed E-state index contributed by atoms with van der Waals surface area (Å²) in [5.74, 6) is -1.09. The molecule has 0 aliphatic carbocycles. The van der Waals surface area contributed by atoms with E-state index >= 15 is 0 Å². The van der Waals surface area contributed by atoms with Crippen LogP contribution in [-0.4, -0.2) is 37.2 Å². The van der Waals surface area contributed by atoms with Gasteiger partial charge < -0.3 is 14.2 Å².